The number of urea groups is 1. The van der Waals surface area contributed by atoms with Crippen molar-refractivity contribution in [3.63, 3.8) is 0 Å². The first-order chi connectivity index (χ1) is 13.0. The summed E-state index contributed by atoms with van der Waals surface area (Å²) in [6.45, 7) is 4.03. The van der Waals surface area contributed by atoms with Gasteiger partial charge in [-0.05, 0) is 43.7 Å². The molecule has 0 fully saturated rings. The highest BCUT2D eigenvalue weighted by atomic mass is 35.5. The highest BCUT2D eigenvalue weighted by Gasteiger charge is 2.10. The Hall–Kier alpha value is -2.63. The summed E-state index contributed by atoms with van der Waals surface area (Å²) in [5.41, 5.74) is 4.27. The molecule has 0 spiro atoms. The zero-order valence-corrected chi connectivity index (χ0v) is 16.0. The number of carbonyl (C=O) groups excluding carboxylic acids is 1. The maximum Gasteiger partial charge on any atom is 0.319 e. The van der Waals surface area contributed by atoms with Gasteiger partial charge in [0, 0.05) is 39.5 Å². The highest BCUT2D eigenvalue weighted by molar-refractivity contribution is 6.33. The number of rotatable bonds is 5. The van der Waals surface area contributed by atoms with Gasteiger partial charge in [-0.1, -0.05) is 36.7 Å². The SMILES string of the molecule is CCC(O)CNC(=O)Nc1ccc2nc(C)c(-c3ccccc3Cl)cc2c1. The van der Waals surface area contributed by atoms with Crippen molar-refractivity contribution >= 4 is 34.2 Å². The van der Waals surface area contributed by atoms with Gasteiger partial charge in [0.2, 0.25) is 0 Å². The standard InChI is InChI=1S/C21H22ClN3O2/c1-3-16(26)12-23-21(27)25-15-8-9-20-14(10-15)11-18(13(2)24-20)17-6-4-5-7-19(17)22/h4-11,16,26H,3,12H2,1-2H3,(H2,23,25,27). The second kappa shape index (κ2) is 8.37. The van der Waals surface area contributed by atoms with Crippen molar-refractivity contribution in [3.8, 4) is 11.1 Å². The zero-order chi connectivity index (χ0) is 19.4. The quantitative estimate of drug-likeness (QED) is 0.594. The summed E-state index contributed by atoms with van der Waals surface area (Å²) in [5.74, 6) is 0. The number of aliphatic hydroxyl groups is 1. The molecule has 27 heavy (non-hydrogen) atoms. The van der Waals surface area contributed by atoms with Crippen molar-refractivity contribution in [2.24, 2.45) is 0 Å². The monoisotopic (exact) mass is 383 g/mol. The molecule has 2 aromatic carbocycles. The van der Waals surface area contributed by atoms with E-state index in [9.17, 15) is 9.90 Å². The van der Waals surface area contributed by atoms with E-state index in [1.54, 1.807) is 6.07 Å². The van der Waals surface area contributed by atoms with E-state index in [1.807, 2.05) is 56.3 Å². The van der Waals surface area contributed by atoms with Gasteiger partial charge >= 0.3 is 6.03 Å². The van der Waals surface area contributed by atoms with Crippen LogP contribution in [0.3, 0.4) is 0 Å². The van der Waals surface area contributed by atoms with Gasteiger partial charge < -0.3 is 15.7 Å². The first-order valence-corrected chi connectivity index (χ1v) is 9.25. The van der Waals surface area contributed by atoms with E-state index in [2.05, 4.69) is 15.6 Å². The Balaban J connectivity index is 1.87. The van der Waals surface area contributed by atoms with Gasteiger partial charge in [0.1, 0.15) is 0 Å². The molecule has 3 N–H and O–H groups in total. The number of nitrogens with zero attached hydrogens (tertiary/aromatic N) is 1. The van der Waals surface area contributed by atoms with E-state index < -0.39 is 6.10 Å². The largest absolute Gasteiger partial charge is 0.391 e. The molecule has 140 valence electrons. The number of hydrogen-bond acceptors (Lipinski definition) is 3. The lowest BCUT2D eigenvalue weighted by atomic mass is 10.0. The molecule has 0 bridgehead atoms. The number of aliphatic hydroxyl groups excluding tert-OH is 1. The smallest absolute Gasteiger partial charge is 0.319 e. The second-order valence-corrected chi connectivity index (χ2v) is 6.81. The van der Waals surface area contributed by atoms with Crippen molar-refractivity contribution in [3.05, 3.63) is 59.2 Å². The van der Waals surface area contributed by atoms with Crippen LogP contribution < -0.4 is 10.6 Å². The molecule has 0 aliphatic rings. The van der Waals surface area contributed by atoms with Crippen molar-refractivity contribution in [2.75, 3.05) is 11.9 Å². The Bertz CT molecular complexity index is 975. The molecule has 0 radical (unpaired) electrons. The third-order valence-corrected chi connectivity index (χ3v) is 4.73. The van der Waals surface area contributed by atoms with Crippen molar-refractivity contribution in [2.45, 2.75) is 26.4 Å². The van der Waals surface area contributed by atoms with E-state index in [1.165, 1.54) is 0 Å². The number of benzene rings is 2. The second-order valence-electron chi connectivity index (χ2n) is 6.41. The van der Waals surface area contributed by atoms with Crippen LogP contribution in [-0.2, 0) is 0 Å². The van der Waals surface area contributed by atoms with Crippen LogP contribution in [0.2, 0.25) is 5.02 Å². The van der Waals surface area contributed by atoms with Crippen LogP contribution in [0.1, 0.15) is 19.0 Å². The van der Waals surface area contributed by atoms with Gasteiger partial charge in [0.15, 0.2) is 0 Å². The van der Waals surface area contributed by atoms with Crippen LogP contribution in [0, 0.1) is 6.92 Å². The number of aromatic nitrogens is 1. The molecular formula is C21H22ClN3O2. The number of halogens is 1. The zero-order valence-electron chi connectivity index (χ0n) is 15.3. The fourth-order valence-corrected chi connectivity index (χ4v) is 3.07. The summed E-state index contributed by atoms with van der Waals surface area (Å²) >= 11 is 6.34. The third-order valence-electron chi connectivity index (χ3n) is 4.40. The molecule has 1 atom stereocenters. The molecule has 0 saturated heterocycles. The molecule has 0 saturated carbocycles. The number of nitrogens with one attached hydrogen (secondary N) is 2. The van der Waals surface area contributed by atoms with Crippen molar-refractivity contribution in [1.82, 2.24) is 10.3 Å². The number of amides is 2. The van der Waals surface area contributed by atoms with Gasteiger partial charge in [-0.25, -0.2) is 4.79 Å². The first-order valence-electron chi connectivity index (χ1n) is 8.87. The maximum atomic E-state index is 12.0. The minimum absolute atomic E-state index is 0.216. The van der Waals surface area contributed by atoms with E-state index in [0.717, 1.165) is 27.7 Å². The predicted octanol–water partition coefficient (Wildman–Crippen LogP) is 4.76. The van der Waals surface area contributed by atoms with Crippen LogP contribution in [0.5, 0.6) is 0 Å². The van der Waals surface area contributed by atoms with E-state index in [0.29, 0.717) is 17.1 Å². The lowest BCUT2D eigenvalue weighted by Crippen LogP contribution is -2.34. The Labute approximate surface area is 163 Å². The van der Waals surface area contributed by atoms with Gasteiger partial charge in [-0.15, -0.1) is 0 Å². The number of carbonyl (C=O) groups is 1. The average molecular weight is 384 g/mol. The van der Waals surface area contributed by atoms with Crippen LogP contribution in [0.15, 0.2) is 48.5 Å². The third kappa shape index (κ3) is 4.56. The molecule has 0 aliphatic heterocycles. The summed E-state index contributed by atoms with van der Waals surface area (Å²) in [6.07, 6.45) is 0.0456. The van der Waals surface area contributed by atoms with Crippen LogP contribution in [0.25, 0.3) is 22.0 Å². The minimum Gasteiger partial charge on any atom is -0.391 e. The van der Waals surface area contributed by atoms with Crippen LogP contribution in [0.4, 0.5) is 10.5 Å². The van der Waals surface area contributed by atoms with Crippen molar-refractivity contribution in [1.29, 1.82) is 0 Å². The fourth-order valence-electron chi connectivity index (χ4n) is 2.83. The van der Waals surface area contributed by atoms with E-state index in [-0.39, 0.29) is 12.6 Å². The van der Waals surface area contributed by atoms with Gasteiger partial charge in [0.05, 0.1) is 11.6 Å². The van der Waals surface area contributed by atoms with Gasteiger partial charge in [-0.3, -0.25) is 4.98 Å². The lowest BCUT2D eigenvalue weighted by Gasteiger charge is -2.12. The van der Waals surface area contributed by atoms with E-state index in [4.69, 9.17) is 11.6 Å². The predicted molar refractivity (Wildman–Crippen MR) is 110 cm³/mol. The minimum atomic E-state index is -0.544. The number of anilines is 1. The summed E-state index contributed by atoms with van der Waals surface area (Å²) in [6, 6.07) is 14.9. The Morgan fingerprint density at radius 1 is 1.19 bits per heavy atom. The molecule has 3 rings (SSSR count). The Kier molecular flexibility index (Phi) is 5.94. The fraction of sp³-hybridized carbons (Fsp3) is 0.238. The summed E-state index contributed by atoms with van der Waals surface area (Å²) in [5, 5.41) is 16.5. The summed E-state index contributed by atoms with van der Waals surface area (Å²) < 4.78 is 0. The molecule has 1 unspecified atom stereocenters. The molecule has 5 nitrogen and oxygen atoms in total. The topological polar surface area (TPSA) is 74.2 Å². The van der Waals surface area contributed by atoms with Gasteiger partial charge in [-0.2, -0.15) is 0 Å². The molecule has 3 aromatic rings. The summed E-state index contributed by atoms with van der Waals surface area (Å²) in [4.78, 5) is 16.7. The van der Waals surface area contributed by atoms with E-state index >= 15 is 0 Å². The molecule has 6 heteroatoms. The molecule has 1 heterocycles. The first kappa shape index (κ1) is 19.1. The number of aryl methyl sites for hydroxylation is 1. The lowest BCUT2D eigenvalue weighted by molar-refractivity contribution is 0.168. The van der Waals surface area contributed by atoms with Crippen LogP contribution in [-0.4, -0.2) is 28.8 Å². The average Bonchev–Trinajstić information content (AvgIpc) is 2.66. The Morgan fingerprint density at radius 2 is 1.96 bits per heavy atom. The number of pyridine rings is 1. The van der Waals surface area contributed by atoms with Crippen LogP contribution >= 0.6 is 11.6 Å². The molecule has 2 amide bonds. The Morgan fingerprint density at radius 3 is 2.70 bits per heavy atom. The number of fused-ring (bicyclic) bond motifs is 1. The molecule has 1 aromatic heterocycles. The van der Waals surface area contributed by atoms with Gasteiger partial charge in [0.25, 0.3) is 0 Å². The normalized spacial score (nSPS) is 12.0. The van der Waals surface area contributed by atoms with Crippen molar-refractivity contribution < 1.29 is 9.90 Å². The summed E-state index contributed by atoms with van der Waals surface area (Å²) in [7, 11) is 0. The maximum absolute atomic E-state index is 12.0. The molecule has 0 aliphatic carbocycles. The highest BCUT2D eigenvalue weighted by Crippen LogP contribution is 2.32. The molecular weight excluding hydrogens is 362 g/mol. The number of hydrogen-bond donors (Lipinski definition) is 3.